The van der Waals surface area contributed by atoms with E-state index in [2.05, 4.69) is 4.98 Å². The molecule has 0 bridgehead atoms. The van der Waals surface area contributed by atoms with E-state index in [-0.39, 0.29) is 20.3 Å². The minimum absolute atomic E-state index is 0. The van der Waals surface area contributed by atoms with E-state index in [9.17, 15) is 4.39 Å². The van der Waals surface area contributed by atoms with E-state index >= 15 is 0 Å². The van der Waals surface area contributed by atoms with Gasteiger partial charge in [-0.25, -0.2) is 4.98 Å². The summed E-state index contributed by atoms with van der Waals surface area (Å²) in [5.41, 5.74) is 0. The summed E-state index contributed by atoms with van der Waals surface area (Å²) in [6.45, 7) is 0. The first-order valence-electron chi connectivity index (χ1n) is 2.07. The standard InChI is InChI=1S/C5H3FIN.Li.H/c6-5-4(7)2-1-3-8-5;;/h1-3H;;/q;+1;-1. The van der Waals surface area contributed by atoms with Gasteiger partial charge in [-0.05, 0) is 34.7 Å². The second kappa shape index (κ2) is 4.26. The SMILES string of the molecule is Fc1ncccc1I.[H-].[Li+]. The summed E-state index contributed by atoms with van der Waals surface area (Å²) in [6, 6.07) is 3.37. The maximum absolute atomic E-state index is 12.2. The quantitative estimate of drug-likeness (QED) is 0.315. The smallest absolute Gasteiger partial charge is 1.00 e. The first kappa shape index (κ1) is 9.41. The zero-order chi connectivity index (χ0) is 5.98. The number of hydrogen-bond acceptors (Lipinski definition) is 1. The van der Waals surface area contributed by atoms with Crippen LogP contribution in [0.4, 0.5) is 4.39 Å². The van der Waals surface area contributed by atoms with Crippen molar-refractivity contribution in [3.63, 3.8) is 0 Å². The third-order valence-electron chi connectivity index (χ3n) is 0.714. The number of rotatable bonds is 0. The average Bonchev–Trinajstić information content (AvgIpc) is 1.77. The van der Waals surface area contributed by atoms with Crippen molar-refractivity contribution in [1.29, 1.82) is 0 Å². The second-order valence-electron chi connectivity index (χ2n) is 1.28. The zero-order valence-electron chi connectivity index (χ0n) is 5.94. The van der Waals surface area contributed by atoms with Crippen molar-refractivity contribution in [3.05, 3.63) is 27.8 Å². The summed E-state index contributed by atoms with van der Waals surface area (Å²) in [5.74, 6) is -0.395. The molecule has 1 aromatic rings. The summed E-state index contributed by atoms with van der Waals surface area (Å²) < 4.78 is 12.8. The number of halogens is 2. The summed E-state index contributed by atoms with van der Waals surface area (Å²) >= 11 is 1.89. The topological polar surface area (TPSA) is 12.9 Å². The van der Waals surface area contributed by atoms with Crippen molar-refractivity contribution >= 4 is 22.6 Å². The first-order chi connectivity index (χ1) is 3.80. The van der Waals surface area contributed by atoms with Crippen LogP contribution in [-0.4, -0.2) is 4.98 Å². The molecule has 44 valence electrons. The molecule has 0 unspecified atom stereocenters. The van der Waals surface area contributed by atoms with E-state index in [0.717, 1.165) is 0 Å². The Labute approximate surface area is 79.9 Å². The molecule has 0 fully saturated rings. The molecule has 0 spiro atoms. The molecular weight excluding hydrogens is 227 g/mol. The molecule has 1 rings (SSSR count). The maximum atomic E-state index is 12.2. The van der Waals surface area contributed by atoms with Crippen LogP contribution in [0.3, 0.4) is 0 Å². The summed E-state index contributed by atoms with van der Waals surface area (Å²) in [6.07, 6.45) is 1.43. The molecule has 0 aliphatic carbocycles. The summed E-state index contributed by atoms with van der Waals surface area (Å²) in [4.78, 5) is 3.40. The molecule has 0 aliphatic heterocycles. The van der Waals surface area contributed by atoms with Gasteiger partial charge in [-0.3, -0.25) is 0 Å². The Hall–Kier alpha value is 0.407. The Morgan fingerprint density at radius 2 is 2.33 bits per heavy atom. The molecule has 0 aliphatic rings. The van der Waals surface area contributed by atoms with Crippen LogP contribution in [0.2, 0.25) is 0 Å². The predicted octanol–water partition coefficient (Wildman–Crippen LogP) is -1.06. The van der Waals surface area contributed by atoms with Gasteiger partial charge in [-0.2, -0.15) is 4.39 Å². The van der Waals surface area contributed by atoms with Crippen LogP contribution < -0.4 is 18.9 Å². The summed E-state index contributed by atoms with van der Waals surface area (Å²) in [7, 11) is 0. The first-order valence-corrected chi connectivity index (χ1v) is 3.14. The molecule has 1 aromatic heterocycles. The van der Waals surface area contributed by atoms with Crippen LogP contribution >= 0.6 is 22.6 Å². The van der Waals surface area contributed by atoms with Crippen LogP contribution in [0, 0.1) is 9.52 Å². The third kappa shape index (κ3) is 2.65. The van der Waals surface area contributed by atoms with Gasteiger partial charge >= 0.3 is 18.9 Å². The molecule has 1 heterocycles. The van der Waals surface area contributed by atoms with Crippen molar-refractivity contribution in [1.82, 2.24) is 4.98 Å². The van der Waals surface area contributed by atoms with Gasteiger partial charge in [0.2, 0.25) is 5.95 Å². The van der Waals surface area contributed by atoms with E-state index in [1.54, 1.807) is 12.1 Å². The molecule has 0 amide bonds. The maximum Gasteiger partial charge on any atom is 1.00 e. The second-order valence-corrected chi connectivity index (χ2v) is 2.44. The van der Waals surface area contributed by atoms with Gasteiger partial charge < -0.3 is 1.43 Å². The van der Waals surface area contributed by atoms with Gasteiger partial charge in [-0.15, -0.1) is 0 Å². The van der Waals surface area contributed by atoms with Crippen molar-refractivity contribution in [2.45, 2.75) is 0 Å². The third-order valence-corrected chi connectivity index (χ3v) is 1.52. The fourth-order valence-corrected chi connectivity index (χ4v) is 0.713. The van der Waals surface area contributed by atoms with Crippen molar-refractivity contribution in [2.24, 2.45) is 0 Å². The molecule has 0 N–H and O–H groups in total. The van der Waals surface area contributed by atoms with E-state index in [1.807, 2.05) is 22.6 Å². The summed E-state index contributed by atoms with van der Waals surface area (Å²) in [5, 5.41) is 0. The van der Waals surface area contributed by atoms with Gasteiger partial charge in [-0.1, -0.05) is 0 Å². The fraction of sp³-hybridized carbons (Fsp3) is 0. The van der Waals surface area contributed by atoms with E-state index < -0.39 is 5.95 Å². The Morgan fingerprint density at radius 1 is 1.67 bits per heavy atom. The monoisotopic (exact) mass is 231 g/mol. The Morgan fingerprint density at radius 3 is 2.67 bits per heavy atom. The van der Waals surface area contributed by atoms with Gasteiger partial charge in [0.1, 0.15) is 0 Å². The molecular formula is C5H4FILiN. The largest absolute Gasteiger partial charge is 1.00 e. The Kier molecular flexibility index (Phi) is 4.45. The van der Waals surface area contributed by atoms with Crippen LogP contribution in [-0.2, 0) is 0 Å². The molecule has 1 nitrogen and oxygen atoms in total. The Balaban J connectivity index is 0. The van der Waals surface area contributed by atoms with Crippen LogP contribution in [0.15, 0.2) is 18.3 Å². The van der Waals surface area contributed by atoms with E-state index in [1.165, 1.54) is 6.20 Å². The zero-order valence-corrected chi connectivity index (χ0v) is 7.09. The van der Waals surface area contributed by atoms with Crippen LogP contribution in [0.25, 0.3) is 0 Å². The van der Waals surface area contributed by atoms with Gasteiger partial charge in [0.25, 0.3) is 0 Å². The molecule has 0 aromatic carbocycles. The number of nitrogens with zero attached hydrogens (tertiary/aromatic N) is 1. The van der Waals surface area contributed by atoms with Crippen LogP contribution in [0.5, 0.6) is 0 Å². The number of pyridine rings is 1. The molecule has 0 saturated carbocycles. The van der Waals surface area contributed by atoms with Crippen LogP contribution in [0.1, 0.15) is 1.43 Å². The number of hydrogen-bond donors (Lipinski definition) is 0. The van der Waals surface area contributed by atoms with E-state index in [0.29, 0.717) is 3.57 Å². The number of aromatic nitrogens is 1. The minimum atomic E-state index is -0.395. The van der Waals surface area contributed by atoms with Crippen molar-refractivity contribution in [2.75, 3.05) is 0 Å². The predicted molar refractivity (Wildman–Crippen MR) is 38.0 cm³/mol. The molecule has 0 radical (unpaired) electrons. The molecule has 4 heteroatoms. The van der Waals surface area contributed by atoms with E-state index in [4.69, 9.17) is 0 Å². The van der Waals surface area contributed by atoms with Gasteiger partial charge in [0, 0.05) is 6.20 Å². The minimum Gasteiger partial charge on any atom is -1.00 e. The molecule has 0 atom stereocenters. The normalized spacial score (nSPS) is 8.22. The van der Waals surface area contributed by atoms with Crippen molar-refractivity contribution in [3.8, 4) is 0 Å². The van der Waals surface area contributed by atoms with Crippen molar-refractivity contribution < 1.29 is 24.7 Å². The molecule has 9 heavy (non-hydrogen) atoms. The Bertz CT molecular complexity index is 178. The molecule has 0 saturated heterocycles. The van der Waals surface area contributed by atoms with Gasteiger partial charge in [0.05, 0.1) is 3.57 Å². The average molecular weight is 231 g/mol. The fourth-order valence-electron chi connectivity index (χ4n) is 0.366. The van der Waals surface area contributed by atoms with Gasteiger partial charge in [0.15, 0.2) is 0 Å².